The lowest BCUT2D eigenvalue weighted by atomic mass is 10.2. The van der Waals surface area contributed by atoms with E-state index in [9.17, 15) is 4.79 Å². The Bertz CT molecular complexity index is 691. The number of halogens is 1. The number of hydrogen-bond donors (Lipinski definition) is 1. The summed E-state index contributed by atoms with van der Waals surface area (Å²) in [5.41, 5.74) is 0.559. The molecule has 1 aliphatic heterocycles. The Morgan fingerprint density at radius 2 is 1.75 bits per heavy atom. The van der Waals surface area contributed by atoms with Crippen molar-refractivity contribution >= 4 is 16.9 Å². The first-order valence-corrected chi connectivity index (χ1v) is 7.78. The van der Waals surface area contributed by atoms with E-state index in [-0.39, 0.29) is 18.2 Å². The molecule has 2 heterocycles. The number of hydrogen-bond acceptors (Lipinski definition) is 5. The predicted molar refractivity (Wildman–Crippen MR) is 83.8 cm³/mol. The number of carbonyl (C=O) groups is 1. The van der Waals surface area contributed by atoms with Crippen LogP contribution in [-0.2, 0) is 4.74 Å². The largest absolute Gasteiger partial charge is 1.00 e. The summed E-state index contributed by atoms with van der Waals surface area (Å²) < 4.78 is 21.5. The summed E-state index contributed by atoms with van der Waals surface area (Å²) in [6.07, 6.45) is 2.90. The first-order chi connectivity index (χ1) is 11.2. The van der Waals surface area contributed by atoms with E-state index in [1.54, 1.807) is 18.2 Å². The molecule has 0 aliphatic carbocycles. The lowest BCUT2D eigenvalue weighted by Crippen LogP contribution is -3.11. The number of fused-ring (bicyclic) bond motifs is 2. The number of nitrogens with one attached hydrogen (secondary N) is 1. The Kier molecular flexibility index (Phi) is 6.11. The van der Waals surface area contributed by atoms with Crippen molar-refractivity contribution < 1.29 is 40.7 Å². The molecular formula is C17H20ClNO5. The van der Waals surface area contributed by atoms with Gasteiger partial charge in [-0.05, 0) is 26.0 Å². The Labute approximate surface area is 146 Å². The van der Waals surface area contributed by atoms with Gasteiger partial charge >= 0.3 is 5.97 Å². The summed E-state index contributed by atoms with van der Waals surface area (Å²) in [6.45, 7) is 7.41. The molecule has 2 aromatic rings. The minimum absolute atomic E-state index is 0. The van der Waals surface area contributed by atoms with Crippen LogP contribution in [0.1, 0.15) is 24.4 Å². The van der Waals surface area contributed by atoms with Crippen LogP contribution in [0.4, 0.5) is 0 Å². The molecule has 1 aromatic carbocycles. The van der Waals surface area contributed by atoms with Gasteiger partial charge in [-0.2, -0.15) is 0 Å². The van der Waals surface area contributed by atoms with Crippen LogP contribution in [0.2, 0.25) is 0 Å². The molecule has 0 atom stereocenters. The molecule has 1 aromatic heterocycles. The van der Waals surface area contributed by atoms with Crippen LogP contribution < -0.4 is 26.8 Å². The average molecular weight is 354 g/mol. The Balaban J connectivity index is 0.00000208. The normalized spacial score (nSPS) is 12.3. The van der Waals surface area contributed by atoms with Crippen molar-refractivity contribution in [2.75, 3.05) is 26.2 Å². The highest BCUT2D eigenvalue weighted by atomic mass is 35.5. The van der Waals surface area contributed by atoms with E-state index >= 15 is 0 Å². The zero-order chi connectivity index (χ0) is 16.2. The van der Waals surface area contributed by atoms with Crippen molar-refractivity contribution in [2.45, 2.75) is 13.8 Å². The van der Waals surface area contributed by atoms with E-state index in [0.29, 0.717) is 23.7 Å². The number of likely N-dealkylation sites (N-methyl/N-ethyl adjacent to an activating group) is 1. The van der Waals surface area contributed by atoms with E-state index in [4.69, 9.17) is 18.6 Å². The molecule has 1 aliphatic rings. The molecule has 1 N–H and O–H groups in total. The van der Waals surface area contributed by atoms with Gasteiger partial charge in [-0.25, -0.2) is 4.79 Å². The molecule has 0 spiro atoms. The summed E-state index contributed by atoms with van der Waals surface area (Å²) >= 11 is 0. The SMILES string of the molecule is CC[NH+](CC)CCOC(=O)c1cc2cc3c(cc2o1)OC=CO3.[Cl-]. The van der Waals surface area contributed by atoms with Gasteiger partial charge in [0.1, 0.15) is 31.3 Å². The van der Waals surface area contributed by atoms with Gasteiger partial charge in [-0.1, -0.05) is 0 Å². The Hall–Kier alpha value is -2.18. The fourth-order valence-electron chi connectivity index (χ4n) is 2.50. The third-order valence-corrected chi connectivity index (χ3v) is 3.92. The minimum Gasteiger partial charge on any atom is -1.00 e. The molecule has 0 unspecified atom stereocenters. The quantitative estimate of drug-likeness (QED) is 0.658. The first-order valence-electron chi connectivity index (χ1n) is 7.78. The van der Waals surface area contributed by atoms with Gasteiger partial charge in [0, 0.05) is 11.5 Å². The maximum absolute atomic E-state index is 12.1. The molecule has 0 saturated heterocycles. The van der Waals surface area contributed by atoms with E-state index in [1.807, 2.05) is 0 Å². The van der Waals surface area contributed by atoms with Gasteiger partial charge < -0.3 is 35.9 Å². The Morgan fingerprint density at radius 1 is 1.08 bits per heavy atom. The molecule has 0 amide bonds. The van der Waals surface area contributed by atoms with Crippen LogP contribution >= 0.6 is 0 Å². The van der Waals surface area contributed by atoms with Crippen LogP contribution in [-0.4, -0.2) is 32.2 Å². The summed E-state index contributed by atoms with van der Waals surface area (Å²) in [4.78, 5) is 13.5. The molecular weight excluding hydrogens is 334 g/mol. The van der Waals surface area contributed by atoms with Crippen molar-refractivity contribution in [1.82, 2.24) is 0 Å². The number of carbonyl (C=O) groups excluding carboxylic acids is 1. The smallest absolute Gasteiger partial charge is 0.374 e. The van der Waals surface area contributed by atoms with Crippen LogP contribution in [0.3, 0.4) is 0 Å². The van der Waals surface area contributed by atoms with Crippen LogP contribution in [0.25, 0.3) is 11.0 Å². The molecule has 0 fully saturated rings. The third kappa shape index (κ3) is 3.83. The maximum Gasteiger partial charge on any atom is 0.374 e. The highest BCUT2D eigenvalue weighted by Crippen LogP contribution is 2.36. The molecule has 130 valence electrons. The summed E-state index contributed by atoms with van der Waals surface area (Å²) in [5, 5.41) is 0.768. The van der Waals surface area contributed by atoms with Crippen molar-refractivity contribution in [3.8, 4) is 11.5 Å². The average Bonchev–Trinajstić information content (AvgIpc) is 2.99. The standard InChI is InChI=1S/C17H19NO5.ClH/c1-3-18(4-2)5-6-22-17(19)16-10-12-9-14-15(11-13(12)23-16)21-8-7-20-14;/h7-11H,3-6H2,1-2H3;1H. The fourth-order valence-corrected chi connectivity index (χ4v) is 2.50. The number of rotatable bonds is 6. The number of quaternary nitrogens is 1. The van der Waals surface area contributed by atoms with Gasteiger partial charge in [0.05, 0.1) is 13.1 Å². The summed E-state index contributed by atoms with van der Waals surface area (Å²) in [7, 11) is 0. The van der Waals surface area contributed by atoms with Crippen LogP contribution in [0, 0.1) is 0 Å². The number of esters is 1. The summed E-state index contributed by atoms with van der Waals surface area (Å²) in [6, 6.07) is 5.13. The fraction of sp³-hybridized carbons (Fsp3) is 0.353. The lowest BCUT2D eigenvalue weighted by molar-refractivity contribution is -0.896. The molecule has 6 nitrogen and oxygen atoms in total. The summed E-state index contributed by atoms with van der Waals surface area (Å²) in [5.74, 6) is 0.876. The monoisotopic (exact) mass is 353 g/mol. The van der Waals surface area contributed by atoms with Gasteiger partial charge in [-0.15, -0.1) is 0 Å². The number of ether oxygens (including phenoxy) is 3. The molecule has 0 saturated carbocycles. The van der Waals surface area contributed by atoms with Gasteiger partial charge in [0.25, 0.3) is 0 Å². The molecule has 7 heteroatoms. The highest BCUT2D eigenvalue weighted by Gasteiger charge is 2.18. The molecule has 0 bridgehead atoms. The lowest BCUT2D eigenvalue weighted by Gasteiger charge is -2.14. The van der Waals surface area contributed by atoms with Crippen molar-refractivity contribution in [1.29, 1.82) is 0 Å². The molecule has 3 rings (SSSR count). The second-order valence-corrected chi connectivity index (χ2v) is 5.30. The zero-order valence-corrected chi connectivity index (χ0v) is 14.4. The topological polar surface area (TPSA) is 62.3 Å². The van der Waals surface area contributed by atoms with E-state index in [0.717, 1.165) is 25.0 Å². The van der Waals surface area contributed by atoms with Crippen molar-refractivity contribution in [2.24, 2.45) is 0 Å². The number of furan rings is 1. The first kappa shape index (κ1) is 18.2. The molecule has 0 radical (unpaired) electrons. The van der Waals surface area contributed by atoms with E-state index in [2.05, 4.69) is 13.8 Å². The second kappa shape index (κ2) is 8.08. The molecule has 24 heavy (non-hydrogen) atoms. The minimum atomic E-state index is -0.453. The Morgan fingerprint density at radius 3 is 2.42 bits per heavy atom. The zero-order valence-electron chi connectivity index (χ0n) is 13.6. The van der Waals surface area contributed by atoms with Crippen molar-refractivity contribution in [3.05, 3.63) is 36.5 Å². The van der Waals surface area contributed by atoms with Crippen LogP contribution in [0.5, 0.6) is 11.5 Å². The van der Waals surface area contributed by atoms with E-state index in [1.165, 1.54) is 17.4 Å². The van der Waals surface area contributed by atoms with Gasteiger partial charge in [0.2, 0.25) is 5.76 Å². The van der Waals surface area contributed by atoms with Crippen molar-refractivity contribution in [3.63, 3.8) is 0 Å². The second-order valence-electron chi connectivity index (χ2n) is 5.30. The third-order valence-electron chi connectivity index (χ3n) is 3.92. The highest BCUT2D eigenvalue weighted by molar-refractivity contribution is 5.93. The predicted octanol–water partition coefficient (Wildman–Crippen LogP) is -1.24. The van der Waals surface area contributed by atoms with Gasteiger partial charge in [0.15, 0.2) is 11.5 Å². The van der Waals surface area contributed by atoms with Gasteiger partial charge in [-0.3, -0.25) is 0 Å². The number of benzene rings is 1. The maximum atomic E-state index is 12.1. The van der Waals surface area contributed by atoms with Crippen LogP contribution in [0.15, 0.2) is 35.1 Å². The van der Waals surface area contributed by atoms with E-state index < -0.39 is 5.97 Å².